The molecule has 38 heavy (non-hydrogen) atoms. The molecule has 2 aliphatic carbocycles. The molecule has 0 aromatic heterocycles. The molecular formula is C33H37N2O2P. The van der Waals surface area contributed by atoms with E-state index in [1.54, 1.807) is 0 Å². The van der Waals surface area contributed by atoms with Crippen molar-refractivity contribution in [3.05, 3.63) is 131 Å². The van der Waals surface area contributed by atoms with Gasteiger partial charge in [-0.15, -0.1) is 0 Å². The molecule has 3 aliphatic rings. The Morgan fingerprint density at radius 2 is 1.53 bits per heavy atom. The van der Waals surface area contributed by atoms with Gasteiger partial charge in [-0.05, 0) is 29.5 Å². The summed E-state index contributed by atoms with van der Waals surface area (Å²) in [4.78, 5) is 0. The Labute approximate surface area is 226 Å². The van der Waals surface area contributed by atoms with E-state index in [1.165, 1.54) is 17.5 Å². The largest absolute Gasteiger partial charge is 0.387 e. The summed E-state index contributed by atoms with van der Waals surface area (Å²) in [5.74, 6) is -0.105. The maximum Gasteiger partial charge on any atom is 0.164 e. The highest BCUT2D eigenvalue weighted by Crippen LogP contribution is 2.62. The van der Waals surface area contributed by atoms with Gasteiger partial charge < -0.3 is 15.0 Å². The lowest BCUT2D eigenvalue weighted by Gasteiger charge is -2.41. The highest BCUT2D eigenvalue weighted by molar-refractivity contribution is 7.47. The minimum absolute atomic E-state index is 0.0454. The van der Waals surface area contributed by atoms with E-state index in [2.05, 4.69) is 88.9 Å². The molecule has 5 heteroatoms. The van der Waals surface area contributed by atoms with Crippen LogP contribution in [0, 0.1) is 11.8 Å². The first-order chi connectivity index (χ1) is 18.7. The van der Waals surface area contributed by atoms with E-state index in [0.717, 1.165) is 36.7 Å². The molecule has 0 radical (unpaired) electrons. The van der Waals surface area contributed by atoms with Gasteiger partial charge >= 0.3 is 0 Å². The third kappa shape index (κ3) is 5.11. The first-order valence-corrected chi connectivity index (χ1v) is 15.3. The molecule has 7 atom stereocenters. The second-order valence-electron chi connectivity index (χ2n) is 10.9. The molecule has 1 saturated heterocycles. The normalized spacial score (nSPS) is 30.0. The monoisotopic (exact) mass is 524 g/mol. The number of nitrogens with one attached hydrogen (secondary N) is 1. The third-order valence-electron chi connectivity index (χ3n) is 8.54. The number of aliphatic hydroxyl groups excluding tert-OH is 1. The van der Waals surface area contributed by atoms with Gasteiger partial charge in [0.15, 0.2) is 7.95 Å². The van der Waals surface area contributed by atoms with Crippen LogP contribution in [0.3, 0.4) is 0 Å². The number of hydrogen-bond acceptors (Lipinski definition) is 3. The molecule has 6 rings (SSSR count). The van der Waals surface area contributed by atoms with Crippen LogP contribution < -0.4 is 5.32 Å². The minimum atomic E-state index is -2.21. The molecule has 0 spiro atoms. The number of benzene rings is 3. The maximum atomic E-state index is 14.4. The van der Waals surface area contributed by atoms with Gasteiger partial charge in [0.25, 0.3) is 0 Å². The quantitative estimate of drug-likeness (QED) is 0.257. The fraction of sp³-hybridized carbons (Fsp3) is 0.333. The molecule has 2 fully saturated rings. The van der Waals surface area contributed by atoms with Crippen molar-refractivity contribution < 1.29 is 9.67 Å². The molecule has 196 valence electrons. The summed E-state index contributed by atoms with van der Waals surface area (Å²) in [7, 11) is -2.21. The summed E-state index contributed by atoms with van der Waals surface area (Å²) in [5.41, 5.74) is 3.39. The lowest BCUT2D eigenvalue weighted by molar-refractivity contribution is 0.147. The molecule has 3 aromatic rings. The molecule has 1 saturated carbocycles. The van der Waals surface area contributed by atoms with E-state index >= 15 is 0 Å². The molecule has 3 aromatic carbocycles. The van der Waals surface area contributed by atoms with Crippen LogP contribution in [0.4, 0.5) is 0 Å². The first kappa shape index (κ1) is 25.5. The molecule has 4 nitrogen and oxygen atoms in total. The zero-order valence-corrected chi connectivity index (χ0v) is 22.7. The second-order valence-corrected chi connectivity index (χ2v) is 12.6. The van der Waals surface area contributed by atoms with Crippen LogP contribution in [0.2, 0.25) is 0 Å². The molecule has 1 heterocycles. The number of hydrogen-bond donors (Lipinski definition) is 2. The van der Waals surface area contributed by atoms with Crippen molar-refractivity contribution in [2.24, 2.45) is 11.8 Å². The topological polar surface area (TPSA) is 52.6 Å². The van der Waals surface area contributed by atoms with E-state index in [0.29, 0.717) is 6.04 Å². The van der Waals surface area contributed by atoms with Gasteiger partial charge in [0.05, 0.1) is 12.1 Å². The predicted molar refractivity (Wildman–Crippen MR) is 155 cm³/mol. The van der Waals surface area contributed by atoms with E-state index in [1.807, 2.05) is 30.3 Å². The number of fused-ring (bicyclic) bond motifs is 1. The van der Waals surface area contributed by atoms with Crippen molar-refractivity contribution in [3.8, 4) is 0 Å². The molecule has 3 unspecified atom stereocenters. The Hall–Kier alpha value is -2.75. The van der Waals surface area contributed by atoms with Crippen molar-refractivity contribution in [3.63, 3.8) is 0 Å². The molecule has 0 bridgehead atoms. The van der Waals surface area contributed by atoms with Gasteiger partial charge in [0, 0.05) is 35.8 Å². The van der Waals surface area contributed by atoms with Crippen molar-refractivity contribution in [1.29, 1.82) is 0 Å². The number of rotatable bonds is 7. The Morgan fingerprint density at radius 1 is 0.868 bits per heavy atom. The Balaban J connectivity index is 1.32. The van der Waals surface area contributed by atoms with Gasteiger partial charge in [-0.25, -0.2) is 4.67 Å². The van der Waals surface area contributed by atoms with Crippen LogP contribution in [0.15, 0.2) is 115 Å². The molecule has 2 N–H and O–H groups in total. The lowest BCUT2D eigenvalue weighted by atomic mass is 9.82. The number of aliphatic hydroxyl groups is 1. The highest BCUT2D eigenvalue weighted by atomic mass is 31.1. The van der Waals surface area contributed by atoms with Crippen molar-refractivity contribution in [2.75, 3.05) is 0 Å². The maximum absolute atomic E-state index is 14.4. The van der Waals surface area contributed by atoms with Crippen LogP contribution in [0.5, 0.6) is 0 Å². The van der Waals surface area contributed by atoms with Gasteiger partial charge in [-0.1, -0.05) is 122 Å². The van der Waals surface area contributed by atoms with Crippen LogP contribution in [-0.2, 0) is 11.1 Å². The zero-order chi connectivity index (χ0) is 25.9. The van der Waals surface area contributed by atoms with Crippen LogP contribution in [-0.4, -0.2) is 21.9 Å². The van der Waals surface area contributed by atoms with E-state index in [-0.39, 0.29) is 23.9 Å². The molecule has 0 amide bonds. The average molecular weight is 525 g/mol. The summed E-state index contributed by atoms with van der Waals surface area (Å²) >= 11 is 0. The van der Waals surface area contributed by atoms with Crippen LogP contribution in [0.1, 0.15) is 54.5 Å². The second kappa shape index (κ2) is 11.6. The van der Waals surface area contributed by atoms with Gasteiger partial charge in [0.1, 0.15) is 0 Å². The lowest BCUT2D eigenvalue weighted by Crippen LogP contribution is -2.49. The predicted octanol–water partition coefficient (Wildman–Crippen LogP) is 7.04. The Bertz CT molecular complexity index is 1290. The van der Waals surface area contributed by atoms with Crippen molar-refractivity contribution in [1.82, 2.24) is 9.99 Å². The fourth-order valence-corrected chi connectivity index (χ4v) is 8.98. The summed E-state index contributed by atoms with van der Waals surface area (Å²) in [6.07, 6.45) is 10.3. The zero-order valence-electron chi connectivity index (χ0n) is 21.7. The standard InChI is InChI=1S/C33H37N2O2P/c36-33(26-16-8-3-9-17-26)27-20-21-28-31(22-27)38(37)35(32(28)25-14-6-2-7-15-25)30-19-11-10-18-29(30)34-23-24-12-4-1-5-13-24/h1-9,12-17,20-22,27-30,32-34,36,38H,10-11,18-19,23H2/t27?,28?,29-,30-,32+,33+/m0/s1. The summed E-state index contributed by atoms with van der Waals surface area (Å²) in [6, 6.07) is 31.5. The van der Waals surface area contributed by atoms with Crippen LogP contribution >= 0.6 is 7.95 Å². The Kier molecular flexibility index (Phi) is 7.76. The SMILES string of the molecule is O=[PH]1C2=CC([C@H](O)c3ccccc3)C=CC2[C@@H](c2ccccc2)N1[C@H]1CCCC[C@@H]1NCc1ccccc1. The number of nitrogens with zero attached hydrogens (tertiary/aromatic N) is 1. The summed E-state index contributed by atoms with van der Waals surface area (Å²) < 4.78 is 16.8. The van der Waals surface area contributed by atoms with Gasteiger partial charge in [-0.3, -0.25) is 0 Å². The Morgan fingerprint density at radius 3 is 2.26 bits per heavy atom. The van der Waals surface area contributed by atoms with Crippen molar-refractivity contribution in [2.45, 2.75) is 56.5 Å². The summed E-state index contributed by atoms with van der Waals surface area (Å²) in [6.45, 7) is 0.824. The third-order valence-corrected chi connectivity index (χ3v) is 10.6. The molecular weight excluding hydrogens is 487 g/mol. The average Bonchev–Trinajstić information content (AvgIpc) is 3.28. The first-order valence-electron chi connectivity index (χ1n) is 14.0. The van der Waals surface area contributed by atoms with Gasteiger partial charge in [0.2, 0.25) is 0 Å². The van der Waals surface area contributed by atoms with E-state index in [4.69, 9.17) is 0 Å². The van der Waals surface area contributed by atoms with E-state index < -0.39 is 14.1 Å². The molecule has 1 aliphatic heterocycles. The smallest absolute Gasteiger partial charge is 0.164 e. The van der Waals surface area contributed by atoms with E-state index in [9.17, 15) is 9.67 Å². The highest BCUT2D eigenvalue weighted by Gasteiger charge is 2.49. The fourth-order valence-electron chi connectivity index (χ4n) is 6.63. The van der Waals surface area contributed by atoms with Crippen molar-refractivity contribution >= 4 is 7.95 Å². The summed E-state index contributed by atoms with van der Waals surface area (Å²) in [5, 5.41) is 16.0. The van der Waals surface area contributed by atoms with Gasteiger partial charge in [-0.2, -0.15) is 0 Å². The van der Waals surface area contributed by atoms with Crippen LogP contribution in [0.25, 0.3) is 0 Å². The minimum Gasteiger partial charge on any atom is -0.387 e.